The zero-order chi connectivity index (χ0) is 14.0. The summed E-state index contributed by atoms with van der Waals surface area (Å²) in [4.78, 5) is 12.0. The third-order valence-electron chi connectivity index (χ3n) is 2.68. The number of rotatable bonds is 2. The summed E-state index contributed by atoms with van der Waals surface area (Å²) in [5, 5.41) is 21.4. The summed E-state index contributed by atoms with van der Waals surface area (Å²) < 4.78 is 0. The molecule has 0 spiro atoms. The number of carbonyl (C=O) groups is 1. The van der Waals surface area contributed by atoms with Crippen molar-refractivity contribution in [3.63, 3.8) is 0 Å². The third-order valence-corrected chi connectivity index (χ3v) is 2.68. The first-order valence-corrected chi connectivity index (χ1v) is 5.67. The van der Waals surface area contributed by atoms with Gasteiger partial charge in [0.05, 0.1) is 16.9 Å². The van der Waals surface area contributed by atoms with Gasteiger partial charge in [0.15, 0.2) is 0 Å². The van der Waals surface area contributed by atoms with Crippen LogP contribution in [-0.2, 0) is 0 Å². The number of hydrogen-bond acceptors (Lipinski definition) is 4. The standard InChI is InChI=1S/C14H14N2O3/c1-8-2-5-12(11(15)6-8)16-14(19)10-4-3-9(17)7-13(10)18/h2-7,17-18H,15H2,1H3,(H,16,19). The largest absolute Gasteiger partial charge is 0.508 e. The average molecular weight is 258 g/mol. The highest BCUT2D eigenvalue weighted by Crippen LogP contribution is 2.25. The molecule has 0 fully saturated rings. The van der Waals surface area contributed by atoms with Gasteiger partial charge >= 0.3 is 0 Å². The smallest absolute Gasteiger partial charge is 0.259 e. The normalized spacial score (nSPS) is 10.2. The predicted molar refractivity (Wildman–Crippen MR) is 73.3 cm³/mol. The number of anilines is 2. The fourth-order valence-electron chi connectivity index (χ4n) is 1.70. The van der Waals surface area contributed by atoms with Crippen LogP contribution in [-0.4, -0.2) is 16.1 Å². The molecule has 0 unspecified atom stereocenters. The minimum absolute atomic E-state index is 0.0674. The zero-order valence-electron chi connectivity index (χ0n) is 10.3. The molecule has 5 heteroatoms. The van der Waals surface area contributed by atoms with E-state index in [9.17, 15) is 15.0 Å². The second-order valence-electron chi connectivity index (χ2n) is 4.25. The minimum atomic E-state index is -0.493. The first-order valence-electron chi connectivity index (χ1n) is 5.67. The van der Waals surface area contributed by atoms with Crippen LogP contribution in [0.4, 0.5) is 11.4 Å². The second-order valence-corrected chi connectivity index (χ2v) is 4.25. The van der Waals surface area contributed by atoms with Gasteiger partial charge in [-0.2, -0.15) is 0 Å². The van der Waals surface area contributed by atoms with E-state index >= 15 is 0 Å². The van der Waals surface area contributed by atoms with Crippen molar-refractivity contribution in [1.82, 2.24) is 0 Å². The van der Waals surface area contributed by atoms with E-state index < -0.39 is 5.91 Å². The van der Waals surface area contributed by atoms with Gasteiger partial charge in [-0.15, -0.1) is 0 Å². The SMILES string of the molecule is Cc1ccc(NC(=O)c2ccc(O)cc2O)c(N)c1. The van der Waals surface area contributed by atoms with Crippen LogP contribution in [0, 0.1) is 6.92 Å². The Hall–Kier alpha value is -2.69. The molecule has 0 aliphatic rings. The summed E-state index contributed by atoms with van der Waals surface area (Å²) in [6.45, 7) is 1.90. The molecule has 0 saturated heterocycles. The number of aryl methyl sites for hydroxylation is 1. The number of nitrogens with two attached hydrogens (primary N) is 1. The Balaban J connectivity index is 2.25. The molecule has 0 aliphatic carbocycles. The van der Waals surface area contributed by atoms with E-state index in [4.69, 9.17) is 5.73 Å². The van der Waals surface area contributed by atoms with E-state index in [1.54, 1.807) is 12.1 Å². The van der Waals surface area contributed by atoms with Gasteiger partial charge in [-0.05, 0) is 36.8 Å². The molecule has 19 heavy (non-hydrogen) atoms. The first-order chi connectivity index (χ1) is 8.97. The van der Waals surface area contributed by atoms with Crippen molar-refractivity contribution in [3.8, 4) is 11.5 Å². The molecule has 5 N–H and O–H groups in total. The Morgan fingerprint density at radius 3 is 2.53 bits per heavy atom. The Morgan fingerprint density at radius 1 is 1.16 bits per heavy atom. The third kappa shape index (κ3) is 2.77. The fraction of sp³-hybridized carbons (Fsp3) is 0.0714. The molecule has 0 saturated carbocycles. The highest BCUT2D eigenvalue weighted by atomic mass is 16.3. The molecule has 0 heterocycles. The van der Waals surface area contributed by atoms with E-state index in [1.807, 2.05) is 13.0 Å². The highest BCUT2D eigenvalue weighted by molar-refractivity contribution is 6.07. The Morgan fingerprint density at radius 2 is 1.89 bits per heavy atom. The summed E-state index contributed by atoms with van der Waals surface area (Å²) in [6, 6.07) is 9.03. The van der Waals surface area contributed by atoms with Crippen molar-refractivity contribution in [1.29, 1.82) is 0 Å². The first kappa shape index (κ1) is 12.8. The van der Waals surface area contributed by atoms with Crippen LogP contribution < -0.4 is 11.1 Å². The lowest BCUT2D eigenvalue weighted by Gasteiger charge is -2.10. The molecule has 2 aromatic rings. The fourth-order valence-corrected chi connectivity index (χ4v) is 1.70. The predicted octanol–water partition coefficient (Wildman–Crippen LogP) is 2.24. The molecule has 0 atom stereocenters. The van der Waals surface area contributed by atoms with Gasteiger partial charge in [0.2, 0.25) is 0 Å². The van der Waals surface area contributed by atoms with E-state index in [1.165, 1.54) is 12.1 Å². The summed E-state index contributed by atoms with van der Waals surface area (Å²) in [6.07, 6.45) is 0. The van der Waals surface area contributed by atoms with Gasteiger partial charge in [0.1, 0.15) is 11.5 Å². The van der Waals surface area contributed by atoms with Crippen molar-refractivity contribution in [2.24, 2.45) is 0 Å². The molecule has 5 nitrogen and oxygen atoms in total. The van der Waals surface area contributed by atoms with E-state index in [-0.39, 0.29) is 17.1 Å². The van der Waals surface area contributed by atoms with Crippen LogP contribution in [0.5, 0.6) is 11.5 Å². The minimum Gasteiger partial charge on any atom is -0.508 e. The van der Waals surface area contributed by atoms with E-state index in [0.717, 1.165) is 11.6 Å². The van der Waals surface area contributed by atoms with Crippen molar-refractivity contribution >= 4 is 17.3 Å². The summed E-state index contributed by atoms with van der Waals surface area (Å²) >= 11 is 0. The highest BCUT2D eigenvalue weighted by Gasteiger charge is 2.13. The molecule has 0 aliphatic heterocycles. The molecule has 0 bridgehead atoms. The Labute approximate surface area is 110 Å². The number of phenolic OH excluding ortho intramolecular Hbond substituents is 2. The van der Waals surface area contributed by atoms with Gasteiger partial charge in [0.25, 0.3) is 5.91 Å². The number of aromatic hydroxyl groups is 2. The number of hydrogen-bond donors (Lipinski definition) is 4. The van der Waals surface area contributed by atoms with E-state index in [0.29, 0.717) is 11.4 Å². The molecule has 0 aromatic heterocycles. The van der Waals surface area contributed by atoms with Crippen LogP contribution in [0.25, 0.3) is 0 Å². The number of carbonyl (C=O) groups excluding carboxylic acids is 1. The Bertz CT molecular complexity index is 639. The van der Waals surface area contributed by atoms with Crippen LogP contribution in [0.3, 0.4) is 0 Å². The van der Waals surface area contributed by atoms with Crippen molar-refractivity contribution in [3.05, 3.63) is 47.5 Å². The molecule has 98 valence electrons. The van der Waals surface area contributed by atoms with Crippen LogP contribution >= 0.6 is 0 Å². The number of nitrogens with one attached hydrogen (secondary N) is 1. The average Bonchev–Trinajstić information content (AvgIpc) is 2.32. The van der Waals surface area contributed by atoms with Crippen molar-refractivity contribution in [2.45, 2.75) is 6.92 Å². The lowest BCUT2D eigenvalue weighted by atomic mass is 10.1. The maximum atomic E-state index is 12.0. The van der Waals surface area contributed by atoms with Crippen LogP contribution in [0.15, 0.2) is 36.4 Å². The molecule has 1 amide bonds. The zero-order valence-corrected chi connectivity index (χ0v) is 10.3. The summed E-state index contributed by atoms with van der Waals surface area (Å²) in [5.41, 5.74) is 7.77. The molecular weight excluding hydrogens is 244 g/mol. The molecule has 0 radical (unpaired) electrons. The number of benzene rings is 2. The lowest BCUT2D eigenvalue weighted by molar-refractivity contribution is 0.102. The van der Waals surface area contributed by atoms with Crippen molar-refractivity contribution in [2.75, 3.05) is 11.1 Å². The number of amides is 1. The van der Waals surface area contributed by atoms with Crippen LogP contribution in [0.1, 0.15) is 15.9 Å². The number of nitrogen functional groups attached to an aromatic ring is 1. The van der Waals surface area contributed by atoms with Gasteiger partial charge in [0, 0.05) is 6.07 Å². The van der Waals surface area contributed by atoms with Gasteiger partial charge < -0.3 is 21.3 Å². The van der Waals surface area contributed by atoms with E-state index in [2.05, 4.69) is 5.32 Å². The molecule has 2 aromatic carbocycles. The van der Waals surface area contributed by atoms with Gasteiger partial charge in [-0.25, -0.2) is 0 Å². The second kappa shape index (κ2) is 4.89. The topological polar surface area (TPSA) is 95.6 Å². The van der Waals surface area contributed by atoms with Gasteiger partial charge in [-0.1, -0.05) is 6.07 Å². The quantitative estimate of drug-likeness (QED) is 0.621. The van der Waals surface area contributed by atoms with Gasteiger partial charge in [-0.3, -0.25) is 4.79 Å². The van der Waals surface area contributed by atoms with Crippen LogP contribution in [0.2, 0.25) is 0 Å². The lowest BCUT2D eigenvalue weighted by Crippen LogP contribution is -2.13. The molecule has 2 rings (SSSR count). The summed E-state index contributed by atoms with van der Waals surface area (Å²) in [5.74, 6) is -0.889. The maximum Gasteiger partial charge on any atom is 0.259 e. The monoisotopic (exact) mass is 258 g/mol. The molecular formula is C14H14N2O3. The van der Waals surface area contributed by atoms with Crippen molar-refractivity contribution < 1.29 is 15.0 Å². The number of phenols is 2. The maximum absolute atomic E-state index is 12.0. The summed E-state index contributed by atoms with van der Waals surface area (Å²) in [7, 11) is 0. The Kier molecular flexibility index (Phi) is 3.29.